The number of allylic oxidation sites excluding steroid dienone is 2. The van der Waals surface area contributed by atoms with Gasteiger partial charge in [-0.3, -0.25) is 9.59 Å². The minimum atomic E-state index is -1.20. The lowest BCUT2D eigenvalue weighted by Gasteiger charge is -2.35. The molecule has 1 aliphatic carbocycles. The van der Waals surface area contributed by atoms with Crippen LogP contribution in [0.1, 0.15) is 40.0 Å². The van der Waals surface area contributed by atoms with Gasteiger partial charge >= 0.3 is 5.97 Å². The van der Waals surface area contributed by atoms with Crippen molar-refractivity contribution in [2.75, 3.05) is 13.2 Å². The number of ketones is 1. The first-order chi connectivity index (χ1) is 9.62. The van der Waals surface area contributed by atoms with Gasteiger partial charge in [-0.25, -0.2) is 0 Å². The van der Waals surface area contributed by atoms with Crippen molar-refractivity contribution < 1.29 is 19.1 Å². The van der Waals surface area contributed by atoms with E-state index in [9.17, 15) is 9.59 Å². The van der Waals surface area contributed by atoms with Gasteiger partial charge in [0.25, 0.3) is 0 Å². The van der Waals surface area contributed by atoms with Gasteiger partial charge in [0.1, 0.15) is 5.92 Å². The summed E-state index contributed by atoms with van der Waals surface area (Å²) in [6, 6.07) is 0. The van der Waals surface area contributed by atoms with Crippen LogP contribution in [0, 0.1) is 5.92 Å². The van der Waals surface area contributed by atoms with Crippen molar-refractivity contribution in [3.8, 4) is 0 Å². The van der Waals surface area contributed by atoms with E-state index in [1.807, 2.05) is 0 Å². The van der Waals surface area contributed by atoms with E-state index in [0.717, 1.165) is 12.8 Å². The Morgan fingerprint density at radius 2 is 1.95 bits per heavy atom. The summed E-state index contributed by atoms with van der Waals surface area (Å²) in [5.41, 5.74) is -1.20. The van der Waals surface area contributed by atoms with E-state index < -0.39 is 17.5 Å². The summed E-state index contributed by atoms with van der Waals surface area (Å²) < 4.78 is 10.9. The van der Waals surface area contributed by atoms with Crippen LogP contribution in [0.4, 0.5) is 0 Å². The van der Waals surface area contributed by atoms with Gasteiger partial charge in [0.15, 0.2) is 11.4 Å². The molecule has 2 unspecified atom stereocenters. The summed E-state index contributed by atoms with van der Waals surface area (Å²) in [7, 11) is 0. The first-order valence-electron chi connectivity index (χ1n) is 7.32. The Bertz CT molecular complexity index is 397. The topological polar surface area (TPSA) is 52.6 Å². The molecule has 0 N–H and O–H groups in total. The minimum Gasteiger partial charge on any atom is -0.465 e. The molecule has 0 bridgehead atoms. The Balaban J connectivity index is 3.03. The first kappa shape index (κ1) is 16.6. The maximum absolute atomic E-state index is 12.4. The molecule has 0 spiro atoms. The lowest BCUT2D eigenvalue weighted by atomic mass is 9.79. The highest BCUT2D eigenvalue weighted by atomic mass is 16.5. The third-order valence-electron chi connectivity index (χ3n) is 3.36. The second-order valence-corrected chi connectivity index (χ2v) is 4.75. The van der Waals surface area contributed by atoms with Gasteiger partial charge < -0.3 is 9.47 Å². The molecule has 0 radical (unpaired) electrons. The van der Waals surface area contributed by atoms with Crippen LogP contribution in [0.15, 0.2) is 24.3 Å². The number of ether oxygens (including phenoxy) is 2. The van der Waals surface area contributed by atoms with Crippen LogP contribution in [-0.2, 0) is 19.1 Å². The molecule has 0 aromatic carbocycles. The van der Waals surface area contributed by atoms with Crippen molar-refractivity contribution in [1.29, 1.82) is 0 Å². The largest absolute Gasteiger partial charge is 0.465 e. The van der Waals surface area contributed by atoms with Crippen LogP contribution in [0.3, 0.4) is 0 Å². The van der Waals surface area contributed by atoms with Gasteiger partial charge in [0, 0.05) is 13.0 Å². The molecule has 0 amide bonds. The van der Waals surface area contributed by atoms with Gasteiger partial charge in [-0.2, -0.15) is 0 Å². The number of hydrogen-bond acceptors (Lipinski definition) is 4. The number of carbonyl (C=O) groups excluding carboxylic acids is 2. The monoisotopic (exact) mass is 280 g/mol. The maximum atomic E-state index is 12.4. The molecule has 1 aliphatic rings. The van der Waals surface area contributed by atoms with Crippen LogP contribution >= 0.6 is 0 Å². The molecule has 0 aliphatic heterocycles. The molecule has 1 rings (SSSR count). The fourth-order valence-electron chi connectivity index (χ4n) is 2.25. The Labute approximate surface area is 120 Å². The van der Waals surface area contributed by atoms with Crippen LogP contribution in [0.2, 0.25) is 0 Å². The number of esters is 1. The van der Waals surface area contributed by atoms with Crippen molar-refractivity contribution >= 4 is 11.8 Å². The van der Waals surface area contributed by atoms with Crippen LogP contribution in [0.25, 0.3) is 0 Å². The number of unbranched alkanes of at least 4 members (excludes halogenated alkanes) is 1. The first-order valence-corrected chi connectivity index (χ1v) is 7.32. The smallest absolute Gasteiger partial charge is 0.316 e. The number of carbonyl (C=O) groups is 2. The van der Waals surface area contributed by atoms with Crippen molar-refractivity contribution in [2.24, 2.45) is 5.92 Å². The summed E-state index contributed by atoms with van der Waals surface area (Å²) in [6.45, 7) is 6.33. The third kappa shape index (κ3) is 3.57. The lowest BCUT2D eigenvalue weighted by molar-refractivity contribution is -0.163. The molecule has 0 fully saturated rings. The van der Waals surface area contributed by atoms with Crippen LogP contribution in [0.5, 0.6) is 0 Å². The summed E-state index contributed by atoms with van der Waals surface area (Å²) >= 11 is 0. The summed E-state index contributed by atoms with van der Waals surface area (Å²) in [5, 5.41) is 0. The molecule has 0 aromatic rings. The predicted octanol–water partition coefficient (Wildman–Crippen LogP) is 2.83. The van der Waals surface area contributed by atoms with Gasteiger partial charge in [0.2, 0.25) is 0 Å². The Kier molecular flexibility index (Phi) is 6.65. The minimum absolute atomic E-state index is 0.0905. The van der Waals surface area contributed by atoms with E-state index in [0.29, 0.717) is 13.0 Å². The highest BCUT2D eigenvalue weighted by molar-refractivity contribution is 5.96. The van der Waals surface area contributed by atoms with E-state index in [2.05, 4.69) is 6.92 Å². The second-order valence-electron chi connectivity index (χ2n) is 4.75. The SMILES string of the molecule is CCCCOC1(C(=O)CC)C=CC=CC1C(=O)OCC. The molecule has 4 nitrogen and oxygen atoms in total. The fraction of sp³-hybridized carbons (Fsp3) is 0.625. The van der Waals surface area contributed by atoms with Crippen molar-refractivity contribution in [3.63, 3.8) is 0 Å². The molecule has 0 saturated heterocycles. The van der Waals surface area contributed by atoms with E-state index in [1.165, 1.54) is 0 Å². The van der Waals surface area contributed by atoms with Gasteiger partial charge in [-0.15, -0.1) is 0 Å². The van der Waals surface area contributed by atoms with Crippen LogP contribution < -0.4 is 0 Å². The van der Waals surface area contributed by atoms with E-state index in [1.54, 1.807) is 38.2 Å². The van der Waals surface area contributed by atoms with E-state index in [-0.39, 0.29) is 12.4 Å². The molecule has 0 aromatic heterocycles. The Morgan fingerprint density at radius 3 is 2.55 bits per heavy atom. The summed E-state index contributed by atoms with van der Waals surface area (Å²) in [6.07, 6.45) is 9.04. The highest BCUT2D eigenvalue weighted by Gasteiger charge is 2.47. The Morgan fingerprint density at radius 1 is 1.20 bits per heavy atom. The fourth-order valence-corrected chi connectivity index (χ4v) is 2.25. The van der Waals surface area contributed by atoms with Crippen molar-refractivity contribution in [2.45, 2.75) is 45.6 Å². The third-order valence-corrected chi connectivity index (χ3v) is 3.36. The number of rotatable bonds is 8. The predicted molar refractivity (Wildman–Crippen MR) is 77.3 cm³/mol. The standard InChI is InChI=1S/C16H24O4/c1-4-7-12-20-16(14(17)5-2)11-9-8-10-13(16)15(18)19-6-3/h8-11,13H,4-7,12H2,1-3H3. The zero-order chi connectivity index (χ0) is 15.0. The molecular weight excluding hydrogens is 256 g/mol. The molecule has 112 valence electrons. The van der Waals surface area contributed by atoms with Gasteiger partial charge in [0.05, 0.1) is 6.61 Å². The summed E-state index contributed by atoms with van der Waals surface area (Å²) in [4.78, 5) is 24.5. The van der Waals surface area contributed by atoms with Crippen molar-refractivity contribution in [1.82, 2.24) is 0 Å². The zero-order valence-corrected chi connectivity index (χ0v) is 12.6. The van der Waals surface area contributed by atoms with E-state index >= 15 is 0 Å². The summed E-state index contributed by atoms with van der Waals surface area (Å²) in [5.74, 6) is -1.20. The Hall–Kier alpha value is -1.42. The lowest BCUT2D eigenvalue weighted by Crippen LogP contribution is -2.50. The normalized spacial score (nSPS) is 24.6. The zero-order valence-electron chi connectivity index (χ0n) is 12.6. The molecule has 20 heavy (non-hydrogen) atoms. The average Bonchev–Trinajstić information content (AvgIpc) is 2.47. The average molecular weight is 280 g/mol. The number of Topliss-reactive ketones (excluding diaryl/α,β-unsaturated/α-hetero) is 1. The highest BCUT2D eigenvalue weighted by Crippen LogP contribution is 2.32. The molecular formula is C16H24O4. The molecule has 0 heterocycles. The van der Waals surface area contributed by atoms with Crippen molar-refractivity contribution in [3.05, 3.63) is 24.3 Å². The molecule has 2 atom stereocenters. The van der Waals surface area contributed by atoms with E-state index in [4.69, 9.17) is 9.47 Å². The quantitative estimate of drug-likeness (QED) is 0.507. The number of hydrogen-bond donors (Lipinski definition) is 0. The second kappa shape index (κ2) is 8.00. The van der Waals surface area contributed by atoms with Crippen LogP contribution in [-0.4, -0.2) is 30.6 Å². The molecule has 0 saturated carbocycles. The maximum Gasteiger partial charge on any atom is 0.316 e. The molecule has 4 heteroatoms. The van der Waals surface area contributed by atoms with Gasteiger partial charge in [-0.1, -0.05) is 38.5 Å². The van der Waals surface area contributed by atoms with Gasteiger partial charge in [-0.05, 0) is 19.4 Å².